The lowest BCUT2D eigenvalue weighted by atomic mass is 10.1. The third-order valence-corrected chi connectivity index (χ3v) is 5.36. The van der Waals surface area contributed by atoms with Crippen LogP contribution in [0.5, 0.6) is 5.75 Å². The van der Waals surface area contributed by atoms with Crippen molar-refractivity contribution in [2.75, 3.05) is 25.5 Å². The van der Waals surface area contributed by atoms with Crippen molar-refractivity contribution in [1.82, 2.24) is 15.0 Å². The third-order valence-electron chi connectivity index (χ3n) is 5.36. The second-order valence-electron chi connectivity index (χ2n) is 7.61. The summed E-state index contributed by atoms with van der Waals surface area (Å²) in [5, 5.41) is 17.2. The van der Waals surface area contributed by atoms with Crippen LogP contribution < -0.4 is 10.1 Å². The summed E-state index contributed by atoms with van der Waals surface area (Å²) in [6.07, 6.45) is 0.487. The molecule has 1 N–H and O–H groups in total. The summed E-state index contributed by atoms with van der Waals surface area (Å²) >= 11 is 0. The fourth-order valence-electron chi connectivity index (χ4n) is 3.87. The Labute approximate surface area is 194 Å². The number of amides is 3. The molecule has 1 saturated heterocycles. The zero-order valence-electron chi connectivity index (χ0n) is 18.5. The van der Waals surface area contributed by atoms with Gasteiger partial charge in [-0.2, -0.15) is 0 Å². The van der Waals surface area contributed by atoms with Crippen LogP contribution in [0, 0.1) is 10.1 Å². The van der Waals surface area contributed by atoms with Crippen LogP contribution in [0.4, 0.5) is 11.4 Å². The van der Waals surface area contributed by atoms with E-state index in [9.17, 15) is 24.5 Å². The number of hydrazine groups is 1. The van der Waals surface area contributed by atoms with Crippen molar-refractivity contribution in [3.05, 3.63) is 69.9 Å². The number of ether oxygens (including phenoxy) is 1. The number of rotatable bonds is 5. The van der Waals surface area contributed by atoms with E-state index >= 15 is 0 Å². The van der Waals surface area contributed by atoms with Crippen molar-refractivity contribution < 1.29 is 24.0 Å². The van der Waals surface area contributed by atoms with E-state index in [1.54, 1.807) is 12.1 Å². The van der Waals surface area contributed by atoms with Gasteiger partial charge in [0.25, 0.3) is 17.5 Å². The minimum Gasteiger partial charge on any atom is -0.496 e. The van der Waals surface area contributed by atoms with Crippen LogP contribution in [0.3, 0.4) is 0 Å². The zero-order valence-corrected chi connectivity index (χ0v) is 18.5. The van der Waals surface area contributed by atoms with Crippen LogP contribution in [0.25, 0.3) is 10.9 Å². The molecule has 11 heteroatoms. The molecule has 4 rings (SSSR count). The summed E-state index contributed by atoms with van der Waals surface area (Å²) in [7, 11) is 1.49. The number of nitro groups is 1. The van der Waals surface area contributed by atoms with E-state index in [-0.39, 0.29) is 35.9 Å². The number of nitro benzene ring substituents is 1. The molecule has 0 atom stereocenters. The molecule has 2 aromatic carbocycles. The topological polar surface area (TPSA) is 135 Å². The van der Waals surface area contributed by atoms with Crippen molar-refractivity contribution >= 4 is 40.0 Å². The van der Waals surface area contributed by atoms with Crippen LogP contribution in [-0.4, -0.2) is 57.8 Å². The van der Waals surface area contributed by atoms with Crippen LogP contribution in [0.15, 0.2) is 48.5 Å². The Hall–Kier alpha value is -4.54. The second-order valence-corrected chi connectivity index (χ2v) is 7.61. The maximum absolute atomic E-state index is 13.4. The molecule has 34 heavy (non-hydrogen) atoms. The molecule has 3 aromatic rings. The Balaban J connectivity index is 1.70. The molecule has 0 bridgehead atoms. The molecule has 0 spiro atoms. The number of carbonyl (C=O) groups is 3. The fraction of sp³-hybridized carbons (Fsp3) is 0.217. The molecular weight excluding hydrogens is 442 g/mol. The van der Waals surface area contributed by atoms with Gasteiger partial charge in [0.2, 0.25) is 5.91 Å². The van der Waals surface area contributed by atoms with Crippen molar-refractivity contribution in [1.29, 1.82) is 0 Å². The number of para-hydroxylation sites is 1. The van der Waals surface area contributed by atoms with Crippen molar-refractivity contribution in [2.24, 2.45) is 0 Å². The Morgan fingerprint density at radius 1 is 1.06 bits per heavy atom. The first-order valence-electron chi connectivity index (χ1n) is 10.4. The SMILES string of the molecule is COc1cc(C(=O)N2CCCN2C(=O)c2cc(NC(C)=O)ccc2[N+](=O)[O-])nc2ccccc12. The van der Waals surface area contributed by atoms with Gasteiger partial charge in [0.1, 0.15) is 17.0 Å². The number of nitrogens with zero attached hydrogens (tertiary/aromatic N) is 4. The summed E-state index contributed by atoms with van der Waals surface area (Å²) in [5.74, 6) is -1.18. The first kappa shape index (κ1) is 22.6. The number of carbonyl (C=O) groups excluding carboxylic acids is 3. The summed E-state index contributed by atoms with van der Waals surface area (Å²) < 4.78 is 5.41. The number of methoxy groups -OCH3 is 1. The predicted molar refractivity (Wildman–Crippen MR) is 122 cm³/mol. The molecule has 0 aliphatic carbocycles. The Kier molecular flexibility index (Phi) is 6.09. The van der Waals surface area contributed by atoms with Gasteiger partial charge < -0.3 is 10.1 Å². The van der Waals surface area contributed by atoms with Crippen LogP contribution >= 0.6 is 0 Å². The maximum Gasteiger partial charge on any atom is 0.291 e. The van der Waals surface area contributed by atoms with Gasteiger partial charge in [-0.05, 0) is 30.7 Å². The molecule has 0 unspecified atom stereocenters. The molecular formula is C23H21N5O6. The zero-order chi connectivity index (χ0) is 24.4. The van der Waals surface area contributed by atoms with Gasteiger partial charge in [-0.15, -0.1) is 0 Å². The Morgan fingerprint density at radius 2 is 1.76 bits per heavy atom. The van der Waals surface area contributed by atoms with E-state index in [1.165, 1.54) is 42.3 Å². The van der Waals surface area contributed by atoms with Crippen molar-refractivity contribution in [2.45, 2.75) is 13.3 Å². The molecule has 1 aliphatic rings. The number of pyridine rings is 1. The highest BCUT2D eigenvalue weighted by atomic mass is 16.6. The highest BCUT2D eigenvalue weighted by Crippen LogP contribution is 2.29. The quantitative estimate of drug-likeness (QED) is 0.454. The summed E-state index contributed by atoms with van der Waals surface area (Å²) in [5.41, 5.74) is 0.209. The number of benzene rings is 2. The Morgan fingerprint density at radius 3 is 2.44 bits per heavy atom. The first-order valence-corrected chi connectivity index (χ1v) is 10.4. The summed E-state index contributed by atoms with van der Waals surface area (Å²) in [4.78, 5) is 53.4. The lowest BCUT2D eigenvalue weighted by molar-refractivity contribution is -0.385. The highest BCUT2D eigenvalue weighted by molar-refractivity contribution is 6.03. The number of anilines is 1. The number of aromatic nitrogens is 1. The first-order chi connectivity index (χ1) is 16.3. The molecule has 1 aliphatic heterocycles. The lowest BCUT2D eigenvalue weighted by Crippen LogP contribution is -2.45. The van der Waals surface area contributed by atoms with E-state index in [2.05, 4.69) is 10.3 Å². The molecule has 11 nitrogen and oxygen atoms in total. The average Bonchev–Trinajstić information content (AvgIpc) is 3.31. The van der Waals surface area contributed by atoms with Crippen LogP contribution in [0.2, 0.25) is 0 Å². The van der Waals surface area contributed by atoms with Gasteiger partial charge in [-0.25, -0.2) is 15.0 Å². The maximum atomic E-state index is 13.4. The minimum atomic E-state index is -0.725. The summed E-state index contributed by atoms with van der Waals surface area (Å²) in [6.45, 7) is 1.71. The highest BCUT2D eigenvalue weighted by Gasteiger charge is 2.35. The smallest absolute Gasteiger partial charge is 0.291 e. The molecule has 2 heterocycles. The van der Waals surface area contributed by atoms with E-state index < -0.39 is 22.4 Å². The molecule has 1 aromatic heterocycles. The van der Waals surface area contributed by atoms with Crippen LogP contribution in [0.1, 0.15) is 34.2 Å². The Bertz CT molecular complexity index is 1320. The molecule has 3 amide bonds. The molecule has 0 radical (unpaired) electrons. The molecule has 1 fully saturated rings. The van der Waals surface area contributed by atoms with Gasteiger partial charge in [0, 0.05) is 43.2 Å². The van der Waals surface area contributed by atoms with E-state index in [0.717, 1.165) is 11.5 Å². The van der Waals surface area contributed by atoms with Crippen LogP contribution in [-0.2, 0) is 4.79 Å². The van der Waals surface area contributed by atoms with E-state index in [4.69, 9.17) is 4.74 Å². The second kappa shape index (κ2) is 9.14. The molecule has 174 valence electrons. The van der Waals surface area contributed by atoms with Gasteiger partial charge in [-0.1, -0.05) is 12.1 Å². The standard InChI is InChI=1S/C23H21N5O6/c1-14(29)24-15-8-9-20(28(32)33)17(12-15)22(30)26-10-5-11-27(26)23(31)19-13-21(34-2)16-6-3-4-7-18(16)25-19/h3-4,6-9,12-13H,5,10-11H2,1-2H3,(H,24,29). The van der Waals surface area contributed by atoms with Gasteiger partial charge >= 0.3 is 0 Å². The number of hydrogen-bond acceptors (Lipinski definition) is 7. The fourth-order valence-corrected chi connectivity index (χ4v) is 3.87. The number of hydrogen-bond donors (Lipinski definition) is 1. The monoisotopic (exact) mass is 463 g/mol. The van der Waals surface area contributed by atoms with Gasteiger partial charge in [0.15, 0.2) is 0 Å². The van der Waals surface area contributed by atoms with Gasteiger partial charge in [0.05, 0.1) is 17.5 Å². The number of fused-ring (bicyclic) bond motifs is 1. The predicted octanol–water partition coefficient (Wildman–Crippen LogP) is 3.01. The van der Waals surface area contributed by atoms with E-state index in [0.29, 0.717) is 17.7 Å². The largest absolute Gasteiger partial charge is 0.496 e. The van der Waals surface area contributed by atoms with Crippen molar-refractivity contribution in [3.63, 3.8) is 0 Å². The summed E-state index contributed by atoms with van der Waals surface area (Å²) in [6, 6.07) is 12.4. The van der Waals surface area contributed by atoms with E-state index in [1.807, 2.05) is 12.1 Å². The lowest BCUT2D eigenvalue weighted by Gasteiger charge is -2.27. The molecule has 0 saturated carbocycles. The normalized spacial score (nSPS) is 13.1. The average molecular weight is 463 g/mol. The van der Waals surface area contributed by atoms with Crippen molar-refractivity contribution in [3.8, 4) is 5.75 Å². The number of nitrogens with one attached hydrogen (secondary N) is 1. The van der Waals surface area contributed by atoms with Gasteiger partial charge in [-0.3, -0.25) is 24.5 Å². The third kappa shape index (κ3) is 4.22. The minimum absolute atomic E-state index is 0.0803.